The Labute approximate surface area is 107 Å². The maximum absolute atomic E-state index is 5.75. The van der Waals surface area contributed by atoms with Crippen molar-refractivity contribution in [2.24, 2.45) is 0 Å². The molecule has 0 bridgehead atoms. The molecule has 0 amide bonds. The summed E-state index contributed by atoms with van der Waals surface area (Å²) in [5.74, 6) is 0. The Bertz CT molecular complexity index is 486. The van der Waals surface area contributed by atoms with Crippen LogP contribution in [0.2, 0.25) is 0 Å². The van der Waals surface area contributed by atoms with Crippen LogP contribution in [-0.4, -0.2) is 17.6 Å². The monoisotopic (exact) mass is 240 g/mol. The number of nitrogens with zero attached hydrogens (tertiary/aromatic N) is 1. The SMILES string of the molecule is c1ccc(C[C@H]2CO[C@@H](c3ccccn3)N2)cc1. The predicted octanol–water partition coefficient (Wildman–Crippen LogP) is 2.31. The Morgan fingerprint density at radius 2 is 1.94 bits per heavy atom. The molecular weight excluding hydrogens is 224 g/mol. The number of benzene rings is 1. The van der Waals surface area contributed by atoms with E-state index in [1.807, 2.05) is 24.3 Å². The average molecular weight is 240 g/mol. The van der Waals surface area contributed by atoms with Crippen molar-refractivity contribution < 1.29 is 4.74 Å². The number of hydrogen-bond donors (Lipinski definition) is 1. The lowest BCUT2D eigenvalue weighted by Crippen LogP contribution is -2.28. The van der Waals surface area contributed by atoms with Gasteiger partial charge in [-0.05, 0) is 24.1 Å². The molecule has 1 N–H and O–H groups in total. The Morgan fingerprint density at radius 3 is 2.72 bits per heavy atom. The molecule has 0 radical (unpaired) electrons. The van der Waals surface area contributed by atoms with Gasteiger partial charge in [-0.1, -0.05) is 36.4 Å². The summed E-state index contributed by atoms with van der Waals surface area (Å²) in [5.41, 5.74) is 2.29. The molecule has 1 saturated heterocycles. The second kappa shape index (κ2) is 5.29. The molecule has 1 aliphatic heterocycles. The first kappa shape index (κ1) is 11.4. The lowest BCUT2D eigenvalue weighted by atomic mass is 10.1. The lowest BCUT2D eigenvalue weighted by Gasteiger charge is -2.11. The minimum Gasteiger partial charge on any atom is -0.356 e. The zero-order valence-electron chi connectivity index (χ0n) is 10.1. The van der Waals surface area contributed by atoms with E-state index in [1.165, 1.54) is 5.56 Å². The van der Waals surface area contributed by atoms with E-state index >= 15 is 0 Å². The van der Waals surface area contributed by atoms with Crippen LogP contribution in [0.5, 0.6) is 0 Å². The summed E-state index contributed by atoms with van der Waals surface area (Å²) in [6.45, 7) is 0.732. The molecule has 3 nitrogen and oxygen atoms in total. The molecule has 1 fully saturated rings. The number of nitrogens with one attached hydrogen (secondary N) is 1. The highest BCUT2D eigenvalue weighted by Gasteiger charge is 2.26. The Hall–Kier alpha value is -1.71. The summed E-state index contributed by atoms with van der Waals surface area (Å²) in [6.07, 6.45) is 2.72. The summed E-state index contributed by atoms with van der Waals surface area (Å²) in [6, 6.07) is 16.7. The van der Waals surface area contributed by atoms with Gasteiger partial charge in [0.1, 0.15) is 0 Å². The highest BCUT2D eigenvalue weighted by molar-refractivity contribution is 5.17. The summed E-state index contributed by atoms with van der Waals surface area (Å²) in [7, 11) is 0. The molecule has 0 spiro atoms. The van der Waals surface area contributed by atoms with Crippen LogP contribution in [0, 0.1) is 0 Å². The highest BCUT2D eigenvalue weighted by atomic mass is 16.5. The van der Waals surface area contributed by atoms with E-state index in [0.29, 0.717) is 6.04 Å². The molecule has 0 unspecified atom stereocenters. The lowest BCUT2D eigenvalue weighted by molar-refractivity contribution is 0.0973. The summed E-state index contributed by atoms with van der Waals surface area (Å²) >= 11 is 0. The van der Waals surface area contributed by atoms with Crippen LogP contribution in [0.1, 0.15) is 17.5 Å². The molecule has 2 atom stereocenters. The zero-order valence-corrected chi connectivity index (χ0v) is 10.1. The normalized spacial score (nSPS) is 23.1. The van der Waals surface area contributed by atoms with Gasteiger partial charge >= 0.3 is 0 Å². The van der Waals surface area contributed by atoms with Gasteiger partial charge < -0.3 is 4.74 Å². The number of hydrogen-bond acceptors (Lipinski definition) is 3. The second-order valence-corrected chi connectivity index (χ2v) is 4.52. The first-order valence-corrected chi connectivity index (χ1v) is 6.24. The van der Waals surface area contributed by atoms with E-state index in [0.717, 1.165) is 18.7 Å². The van der Waals surface area contributed by atoms with Gasteiger partial charge in [0.2, 0.25) is 0 Å². The Balaban J connectivity index is 1.62. The highest BCUT2D eigenvalue weighted by Crippen LogP contribution is 2.20. The van der Waals surface area contributed by atoms with Crippen molar-refractivity contribution in [2.75, 3.05) is 6.61 Å². The summed E-state index contributed by atoms with van der Waals surface area (Å²) < 4.78 is 5.75. The van der Waals surface area contributed by atoms with Crippen LogP contribution >= 0.6 is 0 Å². The van der Waals surface area contributed by atoms with E-state index in [-0.39, 0.29) is 6.23 Å². The molecule has 1 aromatic carbocycles. The van der Waals surface area contributed by atoms with Crippen LogP contribution < -0.4 is 5.32 Å². The van der Waals surface area contributed by atoms with Crippen molar-refractivity contribution in [3.8, 4) is 0 Å². The largest absolute Gasteiger partial charge is 0.356 e. The van der Waals surface area contributed by atoms with Gasteiger partial charge in [-0.25, -0.2) is 0 Å². The smallest absolute Gasteiger partial charge is 0.151 e. The van der Waals surface area contributed by atoms with Gasteiger partial charge in [0.25, 0.3) is 0 Å². The van der Waals surface area contributed by atoms with Gasteiger partial charge in [0, 0.05) is 12.2 Å². The van der Waals surface area contributed by atoms with Crippen molar-refractivity contribution >= 4 is 0 Å². The third kappa shape index (κ3) is 2.58. The van der Waals surface area contributed by atoms with Crippen molar-refractivity contribution in [1.29, 1.82) is 0 Å². The third-order valence-electron chi connectivity index (χ3n) is 3.13. The van der Waals surface area contributed by atoms with Crippen LogP contribution in [0.4, 0.5) is 0 Å². The fourth-order valence-electron chi connectivity index (χ4n) is 2.24. The van der Waals surface area contributed by atoms with Crippen LogP contribution in [0.3, 0.4) is 0 Å². The second-order valence-electron chi connectivity index (χ2n) is 4.52. The zero-order chi connectivity index (χ0) is 12.2. The molecule has 2 heterocycles. The van der Waals surface area contributed by atoms with Gasteiger partial charge in [-0.3, -0.25) is 10.3 Å². The maximum atomic E-state index is 5.75. The van der Waals surface area contributed by atoms with Crippen LogP contribution in [-0.2, 0) is 11.2 Å². The summed E-state index contributed by atoms with van der Waals surface area (Å²) in [4.78, 5) is 4.31. The number of pyridine rings is 1. The molecule has 1 aromatic heterocycles. The minimum absolute atomic E-state index is 0.0695. The molecule has 18 heavy (non-hydrogen) atoms. The molecule has 92 valence electrons. The number of aromatic nitrogens is 1. The predicted molar refractivity (Wildman–Crippen MR) is 70.0 cm³/mol. The van der Waals surface area contributed by atoms with Crippen LogP contribution in [0.15, 0.2) is 54.7 Å². The van der Waals surface area contributed by atoms with Crippen molar-refractivity contribution in [3.63, 3.8) is 0 Å². The van der Waals surface area contributed by atoms with Gasteiger partial charge in [-0.15, -0.1) is 0 Å². The molecule has 2 aromatic rings. The topological polar surface area (TPSA) is 34.1 Å². The first-order valence-electron chi connectivity index (χ1n) is 6.24. The average Bonchev–Trinajstić information content (AvgIpc) is 2.89. The molecular formula is C15H16N2O. The Morgan fingerprint density at radius 1 is 1.11 bits per heavy atom. The van der Waals surface area contributed by atoms with Gasteiger partial charge in [-0.2, -0.15) is 0 Å². The third-order valence-corrected chi connectivity index (χ3v) is 3.13. The quantitative estimate of drug-likeness (QED) is 0.894. The fourth-order valence-corrected chi connectivity index (χ4v) is 2.24. The van der Waals surface area contributed by atoms with E-state index in [2.05, 4.69) is 34.6 Å². The van der Waals surface area contributed by atoms with Gasteiger partial charge in [0.15, 0.2) is 6.23 Å². The molecule has 3 rings (SSSR count). The van der Waals surface area contributed by atoms with E-state index < -0.39 is 0 Å². The fraction of sp³-hybridized carbons (Fsp3) is 0.267. The maximum Gasteiger partial charge on any atom is 0.151 e. The summed E-state index contributed by atoms with van der Waals surface area (Å²) in [5, 5.41) is 3.47. The van der Waals surface area contributed by atoms with E-state index in [9.17, 15) is 0 Å². The van der Waals surface area contributed by atoms with E-state index in [4.69, 9.17) is 4.74 Å². The number of ether oxygens (including phenoxy) is 1. The van der Waals surface area contributed by atoms with Crippen molar-refractivity contribution in [3.05, 3.63) is 66.0 Å². The van der Waals surface area contributed by atoms with Crippen molar-refractivity contribution in [1.82, 2.24) is 10.3 Å². The number of rotatable bonds is 3. The molecule has 1 aliphatic rings. The van der Waals surface area contributed by atoms with Crippen LogP contribution in [0.25, 0.3) is 0 Å². The van der Waals surface area contributed by atoms with Gasteiger partial charge in [0.05, 0.1) is 12.3 Å². The van der Waals surface area contributed by atoms with E-state index in [1.54, 1.807) is 6.20 Å². The minimum atomic E-state index is -0.0695. The molecule has 0 saturated carbocycles. The molecule has 0 aliphatic carbocycles. The standard InChI is InChI=1S/C15H16N2O/c1-2-6-12(7-3-1)10-13-11-18-15(17-13)14-8-4-5-9-16-14/h1-9,13,15,17H,10-11H2/t13-,15-/m0/s1. The van der Waals surface area contributed by atoms with Crippen molar-refractivity contribution in [2.45, 2.75) is 18.7 Å². The Kier molecular flexibility index (Phi) is 3.35. The first-order chi connectivity index (χ1) is 8.92. The molecule has 3 heteroatoms.